The lowest BCUT2D eigenvalue weighted by molar-refractivity contribution is 0.590. The van der Waals surface area contributed by atoms with Gasteiger partial charge in [-0.1, -0.05) is 186 Å². The Morgan fingerprint density at radius 1 is 0.345 bits per heavy atom. The van der Waals surface area contributed by atoms with Crippen LogP contribution in [0.2, 0.25) is 0 Å². The smallest absolute Gasteiger partial charge is 0.0831 e. The van der Waals surface area contributed by atoms with Crippen LogP contribution in [0.1, 0.15) is 95.8 Å². The third-order valence-corrected chi connectivity index (χ3v) is 17.5. The molecule has 4 heterocycles. The van der Waals surface area contributed by atoms with Crippen LogP contribution in [0.25, 0.3) is 20.9 Å². The first-order chi connectivity index (χ1) is 28.0. The Bertz CT molecular complexity index is 2570. The highest BCUT2D eigenvalue weighted by atomic mass is 32.2. The van der Waals surface area contributed by atoms with Crippen molar-refractivity contribution in [2.75, 3.05) is 0 Å². The van der Waals surface area contributed by atoms with E-state index >= 15 is 0 Å². The highest BCUT2D eigenvalue weighted by Gasteiger charge is 2.60. The van der Waals surface area contributed by atoms with Crippen molar-refractivity contribution >= 4 is 46.2 Å². The zero-order chi connectivity index (χ0) is 39.6. The van der Waals surface area contributed by atoms with Crippen molar-refractivity contribution in [3.63, 3.8) is 0 Å². The van der Waals surface area contributed by atoms with Gasteiger partial charge < -0.3 is 0 Å². The molecule has 8 aromatic rings. The van der Waals surface area contributed by atoms with Crippen molar-refractivity contribution < 1.29 is 0 Å². The van der Waals surface area contributed by atoms with Crippen LogP contribution in [0, 0.1) is 0 Å². The van der Waals surface area contributed by atoms with Gasteiger partial charge in [-0.3, -0.25) is 0 Å². The maximum atomic E-state index is 2.60. The summed E-state index contributed by atoms with van der Waals surface area (Å²) in [5.74, 6) is 0. The molecule has 284 valence electrons. The van der Waals surface area contributed by atoms with Gasteiger partial charge >= 0.3 is 0 Å². The average molecular weight is 821 g/mol. The molecule has 2 aliphatic heterocycles. The molecule has 0 atom stereocenters. The van der Waals surface area contributed by atoms with Gasteiger partial charge in [0.25, 0.3) is 0 Å². The number of hydrogen-bond acceptors (Lipinski definition) is 4. The lowest BCUT2D eigenvalue weighted by Crippen LogP contribution is -2.45. The Labute approximate surface area is 359 Å². The lowest BCUT2D eigenvalue weighted by atomic mass is 9.55. The summed E-state index contributed by atoms with van der Waals surface area (Å²) in [6.07, 6.45) is 0. The summed E-state index contributed by atoms with van der Waals surface area (Å²) in [6.45, 7) is 13.8. The maximum absolute atomic E-state index is 2.60. The standard InChI is InChI=1S/C54H44S4/c1-51(2,3)35-27-23-33(24-28-35)47-31-41-49(57-47)54(39-17-9-13-21-45(39)56-46-22-14-10-18-40(46)54)42-32-48(34-25-29-36(30-26-34)52(4,5)6)58-50(42)53(41)37-15-7-11-19-43(37)55-44-20-12-8-16-38(44)53/h7-32H,1-6H3. The van der Waals surface area contributed by atoms with Gasteiger partial charge in [0, 0.05) is 39.1 Å². The topological polar surface area (TPSA) is 0 Å². The third-order valence-electron chi connectivity index (χ3n) is 12.6. The number of fused-ring (bicyclic) bond motifs is 14. The van der Waals surface area contributed by atoms with E-state index in [1.165, 1.54) is 94.7 Å². The van der Waals surface area contributed by atoms with Crippen molar-refractivity contribution in [3.05, 3.63) is 212 Å². The Hall–Kier alpha value is -4.58. The van der Waals surface area contributed by atoms with E-state index in [2.05, 4.69) is 199 Å². The predicted molar refractivity (Wildman–Crippen MR) is 249 cm³/mol. The molecular weight excluding hydrogens is 777 g/mol. The van der Waals surface area contributed by atoms with Crippen LogP contribution in [0.3, 0.4) is 0 Å². The summed E-state index contributed by atoms with van der Waals surface area (Å²) in [5.41, 5.74) is 12.7. The third kappa shape index (κ3) is 5.14. The summed E-state index contributed by atoms with van der Waals surface area (Å²) < 4.78 is 0. The Morgan fingerprint density at radius 2 is 0.638 bits per heavy atom. The van der Waals surface area contributed by atoms with Crippen molar-refractivity contribution in [1.82, 2.24) is 0 Å². The Balaban J connectivity index is 1.31. The van der Waals surface area contributed by atoms with Crippen LogP contribution in [-0.2, 0) is 21.7 Å². The molecule has 6 aromatic carbocycles. The quantitative estimate of drug-likeness (QED) is 0.170. The van der Waals surface area contributed by atoms with E-state index in [0.717, 1.165) is 0 Å². The van der Waals surface area contributed by atoms with E-state index in [0.29, 0.717) is 0 Å². The molecule has 0 bridgehead atoms. The van der Waals surface area contributed by atoms with E-state index in [9.17, 15) is 0 Å². The van der Waals surface area contributed by atoms with Crippen LogP contribution in [0.4, 0.5) is 0 Å². The van der Waals surface area contributed by atoms with E-state index in [1.807, 2.05) is 46.2 Å². The molecule has 2 aromatic heterocycles. The van der Waals surface area contributed by atoms with Crippen LogP contribution >= 0.6 is 46.2 Å². The minimum Gasteiger partial charge on any atom is -0.138 e. The van der Waals surface area contributed by atoms with Crippen molar-refractivity contribution in [1.29, 1.82) is 0 Å². The molecule has 0 amide bonds. The van der Waals surface area contributed by atoms with Crippen molar-refractivity contribution in [3.8, 4) is 20.9 Å². The van der Waals surface area contributed by atoms with E-state index < -0.39 is 10.8 Å². The van der Waals surface area contributed by atoms with Gasteiger partial charge in [0.1, 0.15) is 0 Å². The molecular formula is C54H44S4. The molecule has 0 saturated heterocycles. The molecule has 0 saturated carbocycles. The first-order valence-corrected chi connectivity index (χ1v) is 23.5. The second kappa shape index (κ2) is 13.0. The van der Waals surface area contributed by atoms with E-state index in [4.69, 9.17) is 0 Å². The molecule has 58 heavy (non-hydrogen) atoms. The predicted octanol–water partition coefficient (Wildman–Crippen LogP) is 15.7. The summed E-state index contributed by atoms with van der Waals surface area (Å²) >= 11 is 7.87. The monoisotopic (exact) mass is 820 g/mol. The molecule has 1 aliphatic carbocycles. The van der Waals surface area contributed by atoms with Gasteiger partial charge in [0.2, 0.25) is 0 Å². The van der Waals surface area contributed by atoms with Gasteiger partial charge in [-0.15, -0.1) is 22.7 Å². The average Bonchev–Trinajstić information content (AvgIpc) is 3.89. The first kappa shape index (κ1) is 36.5. The molecule has 0 nitrogen and oxygen atoms in total. The highest BCUT2D eigenvalue weighted by Crippen LogP contribution is 2.70. The van der Waals surface area contributed by atoms with Crippen LogP contribution in [0.15, 0.2) is 177 Å². The van der Waals surface area contributed by atoms with Crippen LogP contribution in [-0.4, -0.2) is 0 Å². The van der Waals surface area contributed by atoms with Gasteiger partial charge in [-0.2, -0.15) is 0 Å². The van der Waals surface area contributed by atoms with E-state index in [-0.39, 0.29) is 10.8 Å². The molecule has 0 N–H and O–H groups in total. The Morgan fingerprint density at radius 3 is 0.931 bits per heavy atom. The molecule has 2 spiro atoms. The zero-order valence-electron chi connectivity index (χ0n) is 33.6. The number of thiophene rings is 2. The van der Waals surface area contributed by atoms with Gasteiger partial charge in [-0.25, -0.2) is 0 Å². The maximum Gasteiger partial charge on any atom is 0.0831 e. The van der Waals surface area contributed by atoms with Crippen molar-refractivity contribution in [2.24, 2.45) is 0 Å². The SMILES string of the molecule is CC(C)(C)c1ccc(-c2cc3c(s2)C2(c4ccccc4Sc4ccccc42)c2cc(-c4ccc(C(C)(C)C)cc4)sc2C32c3ccccc3Sc3ccccc32)cc1. The summed E-state index contributed by atoms with van der Waals surface area (Å²) in [5, 5.41) is 0. The highest BCUT2D eigenvalue weighted by molar-refractivity contribution is 7.99. The summed E-state index contributed by atoms with van der Waals surface area (Å²) in [6, 6.07) is 61.1. The van der Waals surface area contributed by atoms with Gasteiger partial charge in [0.05, 0.1) is 10.8 Å². The van der Waals surface area contributed by atoms with Crippen LogP contribution < -0.4 is 0 Å². The second-order valence-corrected chi connectivity index (χ2v) is 22.3. The molecule has 4 heteroatoms. The largest absolute Gasteiger partial charge is 0.138 e. The number of benzene rings is 6. The first-order valence-electron chi connectivity index (χ1n) is 20.2. The fourth-order valence-corrected chi connectivity index (χ4v) is 15.0. The zero-order valence-corrected chi connectivity index (χ0v) is 36.9. The summed E-state index contributed by atoms with van der Waals surface area (Å²) in [7, 11) is 0. The fourth-order valence-electron chi connectivity index (χ4n) is 9.75. The van der Waals surface area contributed by atoms with Gasteiger partial charge in [0.15, 0.2) is 0 Å². The minimum atomic E-state index is -0.517. The van der Waals surface area contributed by atoms with Gasteiger partial charge in [-0.05, 0) is 103 Å². The molecule has 0 radical (unpaired) electrons. The normalized spacial score (nSPS) is 15.6. The molecule has 11 rings (SSSR count). The summed E-state index contributed by atoms with van der Waals surface area (Å²) in [4.78, 5) is 10.8. The lowest BCUT2D eigenvalue weighted by Gasteiger charge is -2.51. The second-order valence-electron chi connectivity index (χ2n) is 18.1. The van der Waals surface area contributed by atoms with Crippen LogP contribution in [0.5, 0.6) is 0 Å². The fraction of sp³-hybridized carbons (Fsp3) is 0.185. The van der Waals surface area contributed by atoms with E-state index in [1.54, 1.807) is 0 Å². The minimum absolute atomic E-state index is 0.0841. The molecule has 0 unspecified atom stereocenters. The Kier molecular flexibility index (Phi) is 8.15. The number of rotatable bonds is 2. The van der Waals surface area contributed by atoms with Crippen molar-refractivity contribution in [2.45, 2.75) is 82.8 Å². The number of hydrogen-bond donors (Lipinski definition) is 0. The molecule has 0 fully saturated rings. The molecule has 3 aliphatic rings.